The van der Waals surface area contributed by atoms with E-state index in [4.69, 9.17) is 24.1 Å². The van der Waals surface area contributed by atoms with Crippen LogP contribution in [-0.2, 0) is 6.42 Å². The summed E-state index contributed by atoms with van der Waals surface area (Å²) in [6, 6.07) is 13.1. The van der Waals surface area contributed by atoms with Crippen LogP contribution in [0.4, 0.5) is 14.4 Å². The number of hydrogen-bond acceptors (Lipinski definition) is 6. The molecule has 0 aliphatic carbocycles. The molecule has 1 heterocycles. The fourth-order valence-electron chi connectivity index (χ4n) is 3.02. The number of nitrogens with two attached hydrogens (primary N) is 1. The van der Waals surface area contributed by atoms with E-state index in [1.807, 2.05) is 44.2 Å². The fraction of sp³-hybridized carbons (Fsp3) is 0.375. The Balaban J connectivity index is 0.000000297. The maximum absolute atomic E-state index is 11.2. The van der Waals surface area contributed by atoms with Crippen LogP contribution in [0.15, 0.2) is 42.5 Å². The van der Waals surface area contributed by atoms with Gasteiger partial charge in [0, 0.05) is 26.1 Å². The molecule has 0 spiro atoms. The lowest BCUT2D eigenvalue weighted by Crippen LogP contribution is -2.25. The molecule has 0 fully saturated rings. The van der Waals surface area contributed by atoms with E-state index in [9.17, 15) is 9.59 Å². The van der Waals surface area contributed by atoms with Crippen molar-refractivity contribution in [2.45, 2.75) is 45.6 Å². The first-order valence-electron chi connectivity index (χ1n) is 10.6. The minimum atomic E-state index is -1.33. The third-order valence-corrected chi connectivity index (χ3v) is 4.41. The van der Waals surface area contributed by atoms with Gasteiger partial charge < -0.3 is 35.7 Å². The summed E-state index contributed by atoms with van der Waals surface area (Å²) in [5.74, 6) is 2.12. The van der Waals surface area contributed by atoms with Crippen molar-refractivity contribution in [3.05, 3.63) is 53.6 Å². The monoisotopic (exact) mass is 475 g/mol. The van der Waals surface area contributed by atoms with E-state index in [1.165, 1.54) is 7.05 Å². The van der Waals surface area contributed by atoms with E-state index < -0.39 is 18.3 Å². The first kappa shape index (κ1) is 28.1. The van der Waals surface area contributed by atoms with Crippen molar-refractivity contribution in [1.82, 2.24) is 10.6 Å². The van der Waals surface area contributed by atoms with Gasteiger partial charge in [-0.25, -0.2) is 14.4 Å². The molecule has 0 saturated carbocycles. The van der Waals surface area contributed by atoms with Crippen LogP contribution >= 0.6 is 0 Å². The summed E-state index contributed by atoms with van der Waals surface area (Å²) in [5, 5.41) is 12.0. The highest BCUT2D eigenvalue weighted by molar-refractivity contribution is 5.71. The van der Waals surface area contributed by atoms with Crippen LogP contribution in [0.25, 0.3) is 0 Å². The fourth-order valence-corrected chi connectivity index (χ4v) is 3.02. The largest absolute Gasteiger partial charge is 0.483 e. The Bertz CT molecular complexity index is 986. The molecule has 10 heteroatoms. The van der Waals surface area contributed by atoms with Crippen LogP contribution < -0.4 is 30.6 Å². The van der Waals surface area contributed by atoms with Gasteiger partial charge in [-0.2, -0.15) is 0 Å². The maximum Gasteiger partial charge on any atom is 0.412 e. The Labute approximate surface area is 199 Å². The molecule has 10 nitrogen and oxygen atoms in total. The minimum Gasteiger partial charge on any atom is -0.483 e. The number of nitrogens with one attached hydrogen (secondary N) is 2. The average molecular weight is 476 g/mol. The smallest absolute Gasteiger partial charge is 0.412 e. The SMILES string of the molecule is CNC(=O)Oc1cccc2c1OC(C)(C)C2.CNC(=O)Oc1ccccc1C(C)C.NC(=O)O. The van der Waals surface area contributed by atoms with Crippen LogP contribution in [-0.4, -0.2) is 43.1 Å². The summed E-state index contributed by atoms with van der Waals surface area (Å²) >= 11 is 0. The van der Waals surface area contributed by atoms with Gasteiger partial charge in [0.2, 0.25) is 0 Å². The first-order valence-corrected chi connectivity index (χ1v) is 10.6. The zero-order valence-corrected chi connectivity index (χ0v) is 20.3. The molecule has 2 aromatic rings. The number of benzene rings is 2. The zero-order valence-electron chi connectivity index (χ0n) is 20.3. The highest BCUT2D eigenvalue weighted by atomic mass is 16.6. The van der Waals surface area contributed by atoms with Crippen molar-refractivity contribution in [2.75, 3.05) is 14.1 Å². The van der Waals surface area contributed by atoms with Crippen molar-refractivity contribution in [3.63, 3.8) is 0 Å². The summed E-state index contributed by atoms with van der Waals surface area (Å²) in [7, 11) is 3.07. The second kappa shape index (κ2) is 12.9. The average Bonchev–Trinajstić information content (AvgIpc) is 3.08. The number of para-hydroxylation sites is 2. The molecular weight excluding hydrogens is 442 g/mol. The van der Waals surface area contributed by atoms with Crippen molar-refractivity contribution in [2.24, 2.45) is 5.73 Å². The van der Waals surface area contributed by atoms with Crippen molar-refractivity contribution >= 4 is 18.3 Å². The third-order valence-electron chi connectivity index (χ3n) is 4.41. The molecule has 1 aliphatic rings. The molecule has 0 unspecified atom stereocenters. The Morgan fingerprint density at radius 2 is 1.47 bits per heavy atom. The van der Waals surface area contributed by atoms with Gasteiger partial charge in [0.05, 0.1) is 0 Å². The summed E-state index contributed by atoms with van der Waals surface area (Å²) in [6.07, 6.45) is -1.42. The lowest BCUT2D eigenvalue weighted by Gasteiger charge is -2.17. The molecule has 34 heavy (non-hydrogen) atoms. The molecule has 0 saturated heterocycles. The van der Waals surface area contributed by atoms with Crippen molar-refractivity contribution in [1.29, 1.82) is 0 Å². The maximum atomic E-state index is 11.2. The van der Waals surface area contributed by atoms with Gasteiger partial charge in [-0.15, -0.1) is 0 Å². The molecule has 3 rings (SSSR count). The number of ether oxygens (including phenoxy) is 3. The Kier molecular flexibility index (Phi) is 10.7. The Hall–Kier alpha value is -3.95. The van der Waals surface area contributed by atoms with E-state index >= 15 is 0 Å². The molecule has 186 valence electrons. The third kappa shape index (κ3) is 9.27. The zero-order chi connectivity index (χ0) is 25.9. The number of primary amides is 1. The number of carbonyl (C=O) groups excluding carboxylic acids is 2. The molecule has 0 aromatic heterocycles. The van der Waals surface area contributed by atoms with Gasteiger partial charge in [0.1, 0.15) is 11.4 Å². The Morgan fingerprint density at radius 3 is 2.00 bits per heavy atom. The van der Waals surface area contributed by atoms with E-state index in [-0.39, 0.29) is 5.60 Å². The second-order valence-electron chi connectivity index (χ2n) is 8.09. The predicted molar refractivity (Wildman–Crippen MR) is 128 cm³/mol. The van der Waals surface area contributed by atoms with Gasteiger partial charge in [-0.3, -0.25) is 0 Å². The van der Waals surface area contributed by atoms with Crippen molar-refractivity contribution < 1.29 is 33.7 Å². The molecule has 0 bridgehead atoms. The number of rotatable bonds is 3. The van der Waals surface area contributed by atoms with Crippen LogP contribution in [0.5, 0.6) is 17.2 Å². The number of carboxylic acid groups (broad SMARTS) is 1. The molecule has 0 atom stereocenters. The quantitative estimate of drug-likeness (QED) is 0.518. The number of fused-ring (bicyclic) bond motifs is 1. The standard InChI is InChI=1S/C12H15NO3.C11H15NO2.CH3NO2/c1-12(2)7-8-5-4-6-9(10(8)16-12)15-11(14)13-3;1-8(2)9-6-4-5-7-10(9)14-11(13)12-3;2-1(3)4/h4-6H,7H2,1-3H3,(H,13,14);4-8H,1-3H3,(H,12,13);2H2,(H,3,4). The lowest BCUT2D eigenvalue weighted by molar-refractivity contribution is 0.133. The molecule has 5 N–H and O–H groups in total. The van der Waals surface area contributed by atoms with Crippen LogP contribution in [0.1, 0.15) is 44.7 Å². The second-order valence-corrected chi connectivity index (χ2v) is 8.09. The topological polar surface area (TPSA) is 149 Å². The van der Waals surface area contributed by atoms with Gasteiger partial charge in [0.25, 0.3) is 0 Å². The molecular formula is C24H33N3O7. The predicted octanol–water partition coefficient (Wildman–Crippen LogP) is 4.27. The van der Waals surface area contributed by atoms with Gasteiger partial charge in [-0.05, 0) is 37.5 Å². The van der Waals surface area contributed by atoms with Gasteiger partial charge in [-0.1, -0.05) is 44.2 Å². The van der Waals surface area contributed by atoms with E-state index in [1.54, 1.807) is 19.2 Å². The van der Waals surface area contributed by atoms with Crippen LogP contribution in [0, 0.1) is 0 Å². The normalized spacial score (nSPS) is 12.4. The first-order chi connectivity index (χ1) is 15.9. The molecule has 1 aliphatic heterocycles. The molecule has 0 radical (unpaired) electrons. The molecule has 3 amide bonds. The highest BCUT2D eigenvalue weighted by Gasteiger charge is 2.32. The summed E-state index contributed by atoms with van der Waals surface area (Å²) < 4.78 is 16.0. The minimum absolute atomic E-state index is 0.232. The van der Waals surface area contributed by atoms with Gasteiger partial charge >= 0.3 is 18.3 Å². The van der Waals surface area contributed by atoms with Crippen LogP contribution in [0.2, 0.25) is 0 Å². The summed E-state index contributed by atoms with van der Waals surface area (Å²) in [6.45, 7) is 8.14. The van der Waals surface area contributed by atoms with Crippen LogP contribution in [0.3, 0.4) is 0 Å². The number of carbonyl (C=O) groups is 3. The van der Waals surface area contributed by atoms with Crippen molar-refractivity contribution in [3.8, 4) is 17.2 Å². The summed E-state index contributed by atoms with van der Waals surface area (Å²) in [5.41, 5.74) is 5.91. The van der Waals surface area contributed by atoms with E-state index in [0.29, 0.717) is 23.2 Å². The van der Waals surface area contributed by atoms with Gasteiger partial charge in [0.15, 0.2) is 11.5 Å². The van der Waals surface area contributed by atoms with E-state index in [2.05, 4.69) is 30.2 Å². The van der Waals surface area contributed by atoms with E-state index in [0.717, 1.165) is 17.5 Å². The molecule has 2 aromatic carbocycles. The summed E-state index contributed by atoms with van der Waals surface area (Å²) in [4.78, 5) is 31.0. The lowest BCUT2D eigenvalue weighted by atomic mass is 10.0. The number of amides is 3. The number of hydrogen-bond donors (Lipinski definition) is 4. The Morgan fingerprint density at radius 1 is 0.971 bits per heavy atom. The highest BCUT2D eigenvalue weighted by Crippen LogP contribution is 2.41.